The molecule has 2 heterocycles. The van der Waals surface area contributed by atoms with Crippen LogP contribution in [0.2, 0.25) is 0 Å². The van der Waals surface area contributed by atoms with Gasteiger partial charge in [-0.25, -0.2) is 14.7 Å². The minimum absolute atomic E-state index is 0.263. The Bertz CT molecular complexity index is 558. The van der Waals surface area contributed by atoms with Gasteiger partial charge in [0.2, 0.25) is 11.8 Å². The monoisotopic (exact) mass is 280 g/mol. The van der Waals surface area contributed by atoms with Gasteiger partial charge >= 0.3 is 5.97 Å². The highest BCUT2D eigenvalue weighted by Gasteiger charge is 2.44. The number of carboxylic acid groups (broad SMARTS) is 1. The van der Waals surface area contributed by atoms with E-state index in [0.29, 0.717) is 4.88 Å². The average Bonchev–Trinajstić information content (AvgIpc) is 2.88. The molecule has 1 saturated heterocycles. The number of thiazole rings is 1. The molecule has 19 heavy (non-hydrogen) atoms. The first-order valence-corrected chi connectivity index (χ1v) is 6.48. The lowest BCUT2D eigenvalue weighted by atomic mass is 10.00. The molecule has 2 amide bonds. The molecular formula is C12H12N2O4S. The van der Waals surface area contributed by atoms with Crippen molar-refractivity contribution in [3.8, 4) is 0 Å². The number of nitrogens with zero attached hydrogens (tertiary/aromatic N) is 2. The van der Waals surface area contributed by atoms with Crippen molar-refractivity contribution < 1.29 is 19.5 Å². The van der Waals surface area contributed by atoms with E-state index < -0.39 is 5.97 Å². The third kappa shape index (κ3) is 2.41. The summed E-state index contributed by atoms with van der Waals surface area (Å²) < 4.78 is 0. The summed E-state index contributed by atoms with van der Waals surface area (Å²) in [6.07, 6.45) is 3.80. The Hall–Kier alpha value is -2.02. The highest BCUT2D eigenvalue weighted by molar-refractivity contribution is 7.16. The normalized spacial score (nSPS) is 23.6. The molecule has 1 N–H and O–H groups in total. The molecule has 0 spiro atoms. The zero-order chi connectivity index (χ0) is 14.2. The largest absolute Gasteiger partial charge is 0.478 e. The first kappa shape index (κ1) is 13.4. The quantitative estimate of drug-likeness (QED) is 0.667. The summed E-state index contributed by atoms with van der Waals surface area (Å²) in [5.74, 6) is -2.30. The standard InChI is InChI=1S/C12H12N2O4S/c1-6-7(2)11(18)14(10(6)17)12-13-5-8(19-12)3-4-9(15)16/h3-7H,1-2H3,(H,15,16)/b4-3+. The fraction of sp³-hybridized carbons (Fsp3) is 0.333. The molecule has 0 aromatic carbocycles. The van der Waals surface area contributed by atoms with Gasteiger partial charge in [-0.15, -0.1) is 0 Å². The summed E-state index contributed by atoms with van der Waals surface area (Å²) in [7, 11) is 0. The van der Waals surface area contributed by atoms with E-state index in [1.807, 2.05) is 0 Å². The van der Waals surface area contributed by atoms with Gasteiger partial charge in [-0.05, 0) is 6.08 Å². The molecule has 2 rings (SSSR count). The van der Waals surface area contributed by atoms with Crippen molar-refractivity contribution in [2.75, 3.05) is 4.90 Å². The molecular weight excluding hydrogens is 268 g/mol. The number of carbonyl (C=O) groups excluding carboxylic acids is 2. The Labute approximate surface area is 113 Å². The summed E-state index contributed by atoms with van der Waals surface area (Å²) in [5, 5.41) is 8.81. The van der Waals surface area contributed by atoms with Crippen molar-refractivity contribution in [3.05, 3.63) is 17.2 Å². The van der Waals surface area contributed by atoms with Gasteiger partial charge in [0, 0.05) is 29.0 Å². The number of aliphatic carboxylic acids is 1. The maximum Gasteiger partial charge on any atom is 0.328 e. The van der Waals surface area contributed by atoms with Gasteiger partial charge in [-0.1, -0.05) is 25.2 Å². The predicted molar refractivity (Wildman–Crippen MR) is 69.6 cm³/mol. The molecule has 1 aromatic heterocycles. The minimum atomic E-state index is -1.06. The van der Waals surface area contributed by atoms with Gasteiger partial charge < -0.3 is 5.11 Å². The second-order valence-electron chi connectivity index (χ2n) is 4.31. The smallest absolute Gasteiger partial charge is 0.328 e. The fourth-order valence-electron chi connectivity index (χ4n) is 1.74. The Morgan fingerprint density at radius 1 is 1.37 bits per heavy atom. The molecule has 2 unspecified atom stereocenters. The topological polar surface area (TPSA) is 87.6 Å². The van der Waals surface area contributed by atoms with Crippen LogP contribution in [0.15, 0.2) is 12.3 Å². The number of aromatic nitrogens is 1. The molecule has 7 heteroatoms. The molecule has 0 aliphatic carbocycles. The maximum atomic E-state index is 12.0. The molecule has 100 valence electrons. The van der Waals surface area contributed by atoms with Gasteiger partial charge in [0.15, 0.2) is 5.13 Å². The van der Waals surface area contributed by atoms with E-state index in [2.05, 4.69) is 4.98 Å². The third-order valence-electron chi connectivity index (χ3n) is 3.06. The predicted octanol–water partition coefficient (Wildman–Crippen LogP) is 1.39. The van der Waals surface area contributed by atoms with Gasteiger partial charge in [0.1, 0.15) is 0 Å². The van der Waals surface area contributed by atoms with Crippen molar-refractivity contribution >= 4 is 40.3 Å². The van der Waals surface area contributed by atoms with E-state index in [4.69, 9.17) is 5.11 Å². The number of amides is 2. The van der Waals surface area contributed by atoms with Crippen LogP contribution >= 0.6 is 11.3 Å². The first-order valence-electron chi connectivity index (χ1n) is 5.66. The number of imide groups is 1. The highest BCUT2D eigenvalue weighted by atomic mass is 32.1. The second kappa shape index (κ2) is 4.93. The number of hydrogen-bond acceptors (Lipinski definition) is 5. The van der Waals surface area contributed by atoms with Gasteiger partial charge in [0.25, 0.3) is 0 Å². The van der Waals surface area contributed by atoms with Crippen LogP contribution in [0, 0.1) is 11.8 Å². The Kier molecular flexibility index (Phi) is 3.48. The van der Waals surface area contributed by atoms with Gasteiger partial charge in [-0.2, -0.15) is 0 Å². The van der Waals surface area contributed by atoms with Crippen LogP contribution in [-0.4, -0.2) is 27.9 Å². The first-order chi connectivity index (χ1) is 8.91. The van der Waals surface area contributed by atoms with Crippen LogP contribution < -0.4 is 4.90 Å². The van der Waals surface area contributed by atoms with E-state index in [1.54, 1.807) is 13.8 Å². The number of carbonyl (C=O) groups is 3. The Morgan fingerprint density at radius 3 is 2.47 bits per heavy atom. The molecule has 1 fully saturated rings. The van der Waals surface area contributed by atoms with Crippen LogP contribution in [0.5, 0.6) is 0 Å². The molecule has 0 bridgehead atoms. The molecule has 0 radical (unpaired) electrons. The van der Waals surface area contributed by atoms with Crippen LogP contribution in [0.25, 0.3) is 6.08 Å². The zero-order valence-electron chi connectivity index (χ0n) is 10.4. The highest BCUT2D eigenvalue weighted by Crippen LogP contribution is 2.33. The van der Waals surface area contributed by atoms with E-state index in [0.717, 1.165) is 22.3 Å². The van der Waals surface area contributed by atoms with Crippen molar-refractivity contribution in [2.45, 2.75) is 13.8 Å². The van der Waals surface area contributed by atoms with Crippen LogP contribution in [0.4, 0.5) is 5.13 Å². The summed E-state index contributed by atoms with van der Waals surface area (Å²) in [4.78, 5) is 40.0. The summed E-state index contributed by atoms with van der Waals surface area (Å²) >= 11 is 1.11. The Morgan fingerprint density at radius 2 is 1.95 bits per heavy atom. The van der Waals surface area contributed by atoms with Crippen molar-refractivity contribution in [3.63, 3.8) is 0 Å². The molecule has 2 atom stereocenters. The maximum absolute atomic E-state index is 12.0. The second-order valence-corrected chi connectivity index (χ2v) is 5.35. The van der Waals surface area contributed by atoms with E-state index in [1.165, 1.54) is 12.3 Å². The van der Waals surface area contributed by atoms with Crippen LogP contribution in [0.3, 0.4) is 0 Å². The number of anilines is 1. The number of carboxylic acids is 1. The third-order valence-corrected chi connectivity index (χ3v) is 4.01. The lowest BCUT2D eigenvalue weighted by Gasteiger charge is -2.09. The average molecular weight is 280 g/mol. The SMILES string of the molecule is CC1C(=O)N(c2ncc(/C=C/C(=O)O)s2)C(=O)C1C. The van der Waals surface area contributed by atoms with E-state index in [-0.39, 0.29) is 28.8 Å². The molecule has 1 aliphatic heterocycles. The molecule has 0 saturated carbocycles. The van der Waals surface area contributed by atoms with Crippen molar-refractivity contribution in [2.24, 2.45) is 11.8 Å². The number of rotatable bonds is 3. The van der Waals surface area contributed by atoms with Crippen molar-refractivity contribution in [1.82, 2.24) is 4.98 Å². The Balaban J connectivity index is 2.26. The summed E-state index contributed by atoms with van der Waals surface area (Å²) in [6.45, 7) is 3.42. The lowest BCUT2D eigenvalue weighted by molar-refractivity contribution is -0.131. The van der Waals surface area contributed by atoms with E-state index in [9.17, 15) is 14.4 Å². The molecule has 1 aromatic rings. The van der Waals surface area contributed by atoms with E-state index >= 15 is 0 Å². The van der Waals surface area contributed by atoms with Gasteiger partial charge in [0.05, 0.1) is 0 Å². The summed E-state index contributed by atoms with van der Waals surface area (Å²) in [5.41, 5.74) is 0. The molecule has 6 nitrogen and oxygen atoms in total. The van der Waals surface area contributed by atoms with Crippen molar-refractivity contribution in [1.29, 1.82) is 0 Å². The lowest BCUT2D eigenvalue weighted by Crippen LogP contribution is -2.30. The minimum Gasteiger partial charge on any atom is -0.478 e. The van der Waals surface area contributed by atoms with Gasteiger partial charge in [-0.3, -0.25) is 9.59 Å². The fourth-order valence-corrected chi connectivity index (χ4v) is 2.57. The summed E-state index contributed by atoms with van der Waals surface area (Å²) in [6, 6.07) is 0. The number of hydrogen-bond donors (Lipinski definition) is 1. The van der Waals surface area contributed by atoms with Crippen LogP contribution in [0.1, 0.15) is 18.7 Å². The van der Waals surface area contributed by atoms with Crippen LogP contribution in [-0.2, 0) is 14.4 Å². The molecule has 1 aliphatic rings. The zero-order valence-corrected chi connectivity index (χ0v) is 11.2.